The van der Waals surface area contributed by atoms with Gasteiger partial charge in [-0.1, -0.05) is 11.6 Å². The van der Waals surface area contributed by atoms with Crippen LogP contribution in [0.3, 0.4) is 0 Å². The maximum atomic E-state index is 12.5. The fourth-order valence-corrected chi connectivity index (χ4v) is 5.48. The molecule has 3 aromatic rings. The monoisotopic (exact) mass is 361 g/mol. The van der Waals surface area contributed by atoms with E-state index in [0.29, 0.717) is 11.4 Å². The van der Waals surface area contributed by atoms with Crippen LogP contribution in [0.1, 0.15) is 12.5 Å². The van der Waals surface area contributed by atoms with Crippen molar-refractivity contribution in [1.29, 1.82) is 0 Å². The molecule has 112 valence electrons. The molecule has 21 heavy (non-hydrogen) atoms. The lowest BCUT2D eigenvalue weighted by molar-refractivity contribution is 0.555. The second-order valence-electron chi connectivity index (χ2n) is 4.62. The van der Waals surface area contributed by atoms with Gasteiger partial charge in [0.1, 0.15) is 0 Å². The Labute approximate surface area is 135 Å². The summed E-state index contributed by atoms with van der Waals surface area (Å²) in [5.41, 5.74) is 1.11. The molecule has 0 aromatic carbocycles. The summed E-state index contributed by atoms with van der Waals surface area (Å²) < 4.78 is 29.2. The largest absolute Gasteiger partial charge is 0.279 e. The maximum absolute atomic E-state index is 12.5. The van der Waals surface area contributed by atoms with Crippen molar-refractivity contribution in [3.8, 4) is 0 Å². The second-order valence-corrected chi connectivity index (χ2v) is 8.26. The number of sulfonamides is 1. The van der Waals surface area contributed by atoms with Gasteiger partial charge in [-0.05, 0) is 35.7 Å². The summed E-state index contributed by atoms with van der Waals surface area (Å²) in [6.07, 6.45) is 2.28. The third-order valence-electron chi connectivity index (χ3n) is 2.91. The van der Waals surface area contributed by atoms with Crippen molar-refractivity contribution >= 4 is 49.3 Å². The van der Waals surface area contributed by atoms with Crippen LogP contribution in [0.5, 0.6) is 0 Å². The van der Waals surface area contributed by atoms with Crippen LogP contribution in [0.15, 0.2) is 33.4 Å². The number of thiophene rings is 1. The van der Waals surface area contributed by atoms with Gasteiger partial charge in [0.15, 0.2) is 15.1 Å². The van der Waals surface area contributed by atoms with E-state index in [1.165, 1.54) is 15.7 Å². The first-order valence-electron chi connectivity index (χ1n) is 6.12. The molecule has 0 radical (unpaired) electrons. The third kappa shape index (κ3) is 3.00. The van der Waals surface area contributed by atoms with Gasteiger partial charge in [0, 0.05) is 17.6 Å². The third-order valence-corrected chi connectivity index (χ3v) is 6.39. The molecule has 0 amide bonds. The molecule has 0 fully saturated rings. The summed E-state index contributed by atoms with van der Waals surface area (Å²) in [6, 6.07) is 1.75. The number of hydrogen-bond acceptors (Lipinski definition) is 5. The number of nitrogens with one attached hydrogen (secondary N) is 1. The van der Waals surface area contributed by atoms with Gasteiger partial charge in [0.25, 0.3) is 10.0 Å². The molecule has 0 aliphatic rings. The highest BCUT2D eigenvalue weighted by molar-refractivity contribution is 7.89. The van der Waals surface area contributed by atoms with Crippen LogP contribution in [0.4, 0.5) is 0 Å². The fraction of sp³-hybridized carbons (Fsp3) is 0.250. The molecule has 0 aliphatic heterocycles. The Kier molecular flexibility index (Phi) is 4.06. The molecule has 3 aromatic heterocycles. The van der Waals surface area contributed by atoms with Crippen molar-refractivity contribution in [2.24, 2.45) is 0 Å². The van der Waals surface area contributed by atoms with E-state index in [0.717, 1.165) is 5.56 Å². The summed E-state index contributed by atoms with van der Waals surface area (Å²) >= 11 is 8.91. The van der Waals surface area contributed by atoms with Crippen LogP contribution in [-0.4, -0.2) is 23.8 Å². The van der Waals surface area contributed by atoms with E-state index in [-0.39, 0.29) is 16.2 Å². The van der Waals surface area contributed by atoms with Crippen molar-refractivity contribution in [3.63, 3.8) is 0 Å². The predicted octanol–water partition coefficient (Wildman–Crippen LogP) is 3.02. The molecule has 0 saturated heterocycles. The van der Waals surface area contributed by atoms with E-state index in [1.54, 1.807) is 22.9 Å². The molecular formula is C12H12ClN3O2S3. The number of thiazole rings is 1. The molecule has 0 bridgehead atoms. The molecule has 9 heteroatoms. The SMILES string of the molecule is CC(Cc1ccsc1)NS(=O)(=O)c1c(Cl)nc2sccn12. The molecule has 1 atom stereocenters. The smallest absolute Gasteiger partial charge is 0.260 e. The first-order chi connectivity index (χ1) is 9.97. The van der Waals surface area contributed by atoms with Gasteiger partial charge in [0.05, 0.1) is 0 Å². The van der Waals surface area contributed by atoms with Gasteiger partial charge in [-0.3, -0.25) is 4.40 Å². The lowest BCUT2D eigenvalue weighted by Crippen LogP contribution is -2.34. The molecule has 3 rings (SSSR count). The van der Waals surface area contributed by atoms with E-state index in [2.05, 4.69) is 9.71 Å². The lowest BCUT2D eigenvalue weighted by Gasteiger charge is -2.13. The van der Waals surface area contributed by atoms with Crippen molar-refractivity contribution in [3.05, 3.63) is 39.1 Å². The van der Waals surface area contributed by atoms with E-state index in [1.807, 2.05) is 23.8 Å². The Bertz CT molecular complexity index is 852. The minimum Gasteiger partial charge on any atom is -0.279 e. The molecule has 1 N–H and O–H groups in total. The number of halogens is 1. The zero-order valence-electron chi connectivity index (χ0n) is 11.0. The van der Waals surface area contributed by atoms with Gasteiger partial charge >= 0.3 is 0 Å². The van der Waals surface area contributed by atoms with Crippen LogP contribution in [-0.2, 0) is 16.4 Å². The number of rotatable bonds is 5. The van der Waals surface area contributed by atoms with Crippen molar-refractivity contribution < 1.29 is 8.42 Å². The first-order valence-corrected chi connectivity index (χ1v) is 9.80. The highest BCUT2D eigenvalue weighted by atomic mass is 35.5. The minimum atomic E-state index is -3.72. The Morgan fingerprint density at radius 2 is 2.29 bits per heavy atom. The fourth-order valence-electron chi connectivity index (χ4n) is 2.10. The summed E-state index contributed by atoms with van der Waals surface area (Å²) in [5, 5.41) is 5.74. The predicted molar refractivity (Wildman–Crippen MR) is 85.9 cm³/mol. The van der Waals surface area contributed by atoms with Crippen molar-refractivity contribution in [2.45, 2.75) is 24.4 Å². The highest BCUT2D eigenvalue weighted by Gasteiger charge is 2.26. The molecule has 0 spiro atoms. The van der Waals surface area contributed by atoms with Crippen LogP contribution in [0.2, 0.25) is 5.15 Å². The maximum Gasteiger partial charge on any atom is 0.260 e. The Morgan fingerprint density at radius 3 is 3.00 bits per heavy atom. The normalized spacial score (nSPS) is 13.8. The molecule has 3 heterocycles. The van der Waals surface area contributed by atoms with Crippen molar-refractivity contribution in [1.82, 2.24) is 14.1 Å². The summed E-state index contributed by atoms with van der Waals surface area (Å²) in [4.78, 5) is 4.61. The standard InChI is InChI=1S/C12H12ClN3O2S3/c1-8(6-9-2-4-19-7-9)15-21(17,18)11-10(13)14-12-16(11)3-5-20-12/h2-5,7-8,15H,6H2,1H3. The van der Waals surface area contributed by atoms with E-state index < -0.39 is 10.0 Å². The second kappa shape index (κ2) is 5.69. The topological polar surface area (TPSA) is 63.5 Å². The van der Waals surface area contributed by atoms with E-state index in [4.69, 9.17) is 11.6 Å². The number of fused-ring (bicyclic) bond motifs is 1. The van der Waals surface area contributed by atoms with Gasteiger partial charge in [-0.15, -0.1) is 11.3 Å². The van der Waals surface area contributed by atoms with E-state index in [9.17, 15) is 8.42 Å². The Balaban J connectivity index is 1.86. The highest BCUT2D eigenvalue weighted by Crippen LogP contribution is 2.25. The molecule has 5 nitrogen and oxygen atoms in total. The molecular weight excluding hydrogens is 350 g/mol. The Hall–Kier alpha value is -0.930. The quantitative estimate of drug-likeness (QED) is 0.759. The van der Waals surface area contributed by atoms with Gasteiger partial charge in [-0.25, -0.2) is 18.1 Å². The number of aromatic nitrogens is 2. The first kappa shape index (κ1) is 15.0. The van der Waals surface area contributed by atoms with Gasteiger partial charge in [0.2, 0.25) is 0 Å². The average molecular weight is 362 g/mol. The molecule has 1 unspecified atom stereocenters. The molecule has 0 aliphatic carbocycles. The minimum absolute atomic E-state index is 0.00224. The van der Waals surface area contributed by atoms with Crippen LogP contribution < -0.4 is 4.72 Å². The number of hydrogen-bond donors (Lipinski definition) is 1. The molecule has 0 saturated carbocycles. The average Bonchev–Trinajstić information content (AvgIpc) is 3.04. The van der Waals surface area contributed by atoms with Crippen LogP contribution >= 0.6 is 34.3 Å². The summed E-state index contributed by atoms with van der Waals surface area (Å²) in [7, 11) is -3.72. The summed E-state index contributed by atoms with van der Waals surface area (Å²) in [6.45, 7) is 1.83. The summed E-state index contributed by atoms with van der Waals surface area (Å²) in [5.74, 6) is 0. The number of nitrogens with zero attached hydrogens (tertiary/aromatic N) is 2. The zero-order chi connectivity index (χ0) is 15.0. The van der Waals surface area contributed by atoms with Crippen molar-refractivity contribution in [2.75, 3.05) is 0 Å². The van der Waals surface area contributed by atoms with Crippen LogP contribution in [0.25, 0.3) is 4.96 Å². The zero-order valence-corrected chi connectivity index (χ0v) is 14.2. The van der Waals surface area contributed by atoms with Gasteiger partial charge < -0.3 is 0 Å². The number of imidazole rings is 1. The van der Waals surface area contributed by atoms with E-state index >= 15 is 0 Å². The van der Waals surface area contributed by atoms with Crippen LogP contribution in [0, 0.1) is 0 Å². The Morgan fingerprint density at radius 1 is 1.48 bits per heavy atom. The lowest BCUT2D eigenvalue weighted by atomic mass is 10.1. The van der Waals surface area contributed by atoms with Gasteiger partial charge in [-0.2, -0.15) is 11.3 Å².